The average molecular weight is 266 g/mol. The highest BCUT2D eigenvalue weighted by molar-refractivity contribution is 5.63. The first kappa shape index (κ1) is 14.4. The zero-order valence-electron chi connectivity index (χ0n) is 10.3. The van der Waals surface area contributed by atoms with Crippen molar-refractivity contribution in [1.82, 2.24) is 5.01 Å². The molecule has 19 heavy (non-hydrogen) atoms. The van der Waals surface area contributed by atoms with Crippen molar-refractivity contribution in [3.63, 3.8) is 0 Å². The number of hydrazine groups is 1. The fourth-order valence-electron chi connectivity index (χ4n) is 1.29. The van der Waals surface area contributed by atoms with Gasteiger partial charge in [-0.25, -0.2) is 0 Å². The Morgan fingerprint density at radius 1 is 1.47 bits per heavy atom. The number of anilines is 1. The highest BCUT2D eigenvalue weighted by Gasteiger charge is 2.07. The van der Waals surface area contributed by atoms with E-state index < -0.39 is 10.9 Å². The minimum atomic E-state index is -0.833. The number of aliphatic carboxylic acids is 1. The summed E-state index contributed by atoms with van der Waals surface area (Å²) in [5.41, 5.74) is 3.98. The molecule has 0 radical (unpaired) electrons. The van der Waals surface area contributed by atoms with Gasteiger partial charge in [-0.2, -0.15) is 0 Å². The first-order valence-corrected chi connectivity index (χ1v) is 5.46. The molecule has 1 aliphatic heterocycles. The van der Waals surface area contributed by atoms with Crippen LogP contribution in [0.4, 0.5) is 11.4 Å². The maximum atomic E-state index is 10.4. The van der Waals surface area contributed by atoms with Crippen LogP contribution in [-0.2, 0) is 4.79 Å². The van der Waals surface area contributed by atoms with E-state index in [1.54, 1.807) is 18.5 Å². The van der Waals surface area contributed by atoms with Crippen LogP contribution in [-0.4, -0.2) is 40.4 Å². The van der Waals surface area contributed by atoms with Crippen molar-refractivity contribution in [3.05, 3.63) is 34.4 Å². The van der Waals surface area contributed by atoms with Crippen LogP contribution in [0.5, 0.6) is 0 Å². The number of benzene rings is 1. The zero-order valence-corrected chi connectivity index (χ0v) is 10.3. The molecule has 1 aliphatic rings. The summed E-state index contributed by atoms with van der Waals surface area (Å²) in [5.74, 6) is -0.833. The molecule has 0 unspecified atom stereocenters. The number of carboxylic acid groups (broad SMARTS) is 1. The second-order valence-electron chi connectivity index (χ2n) is 3.65. The summed E-state index contributed by atoms with van der Waals surface area (Å²) in [7, 11) is 0. The molecule has 1 aromatic carbocycles. The van der Waals surface area contributed by atoms with Gasteiger partial charge in [0.1, 0.15) is 6.34 Å². The number of non-ortho nitro benzene ring substituents is 1. The molecule has 0 aromatic heterocycles. The fraction of sp³-hybridized carbons (Fsp3) is 0.273. The average Bonchev–Trinajstić information content (AvgIpc) is 2.82. The molecule has 102 valence electrons. The van der Waals surface area contributed by atoms with Gasteiger partial charge in [0.05, 0.1) is 23.7 Å². The van der Waals surface area contributed by atoms with Gasteiger partial charge in [-0.3, -0.25) is 30.3 Å². The molecule has 8 heteroatoms. The molecule has 0 saturated heterocycles. The van der Waals surface area contributed by atoms with Crippen molar-refractivity contribution in [3.8, 4) is 0 Å². The van der Waals surface area contributed by atoms with E-state index in [9.17, 15) is 10.1 Å². The molecule has 2 N–H and O–H groups in total. The first-order valence-electron chi connectivity index (χ1n) is 5.46. The Morgan fingerprint density at radius 3 is 2.47 bits per heavy atom. The standard InChI is InChI=1S/C9H10N4O2.C2H4O2/c14-13(15)9-3-1-8(2-4-9)11-12-6-5-10-7-12;1-2(3)4/h1-4,7,11H,5-6H2;1H3,(H,3,4). The van der Waals surface area contributed by atoms with E-state index in [-0.39, 0.29) is 5.69 Å². The molecule has 0 aliphatic carbocycles. The number of nitro groups is 1. The summed E-state index contributed by atoms with van der Waals surface area (Å²) in [6.07, 6.45) is 1.71. The number of nitrogens with one attached hydrogen (secondary N) is 1. The molecular formula is C11H14N4O4. The van der Waals surface area contributed by atoms with Crippen LogP contribution in [0.3, 0.4) is 0 Å². The topological polar surface area (TPSA) is 108 Å². The Morgan fingerprint density at radius 2 is 2.05 bits per heavy atom. The Labute approximate surface area is 109 Å². The molecule has 0 amide bonds. The summed E-state index contributed by atoms with van der Waals surface area (Å²) in [4.78, 5) is 23.0. The molecule has 2 rings (SSSR count). The summed E-state index contributed by atoms with van der Waals surface area (Å²) in [6, 6.07) is 6.28. The molecule has 0 spiro atoms. The molecule has 0 fully saturated rings. The van der Waals surface area contributed by atoms with Crippen molar-refractivity contribution in [1.29, 1.82) is 0 Å². The monoisotopic (exact) mass is 266 g/mol. The van der Waals surface area contributed by atoms with Gasteiger partial charge in [0.15, 0.2) is 0 Å². The summed E-state index contributed by atoms with van der Waals surface area (Å²) in [6.45, 7) is 2.68. The van der Waals surface area contributed by atoms with E-state index in [2.05, 4.69) is 10.4 Å². The predicted octanol–water partition coefficient (Wildman–Crippen LogP) is 1.36. The molecule has 0 saturated carbocycles. The Balaban J connectivity index is 0.000000399. The lowest BCUT2D eigenvalue weighted by atomic mass is 10.3. The van der Waals surface area contributed by atoms with Gasteiger partial charge in [-0.15, -0.1) is 0 Å². The van der Waals surface area contributed by atoms with Crippen LogP contribution in [0.15, 0.2) is 29.3 Å². The van der Waals surface area contributed by atoms with Crippen LogP contribution in [0.1, 0.15) is 6.92 Å². The number of hydrogen-bond acceptors (Lipinski definition) is 6. The maximum Gasteiger partial charge on any atom is 0.300 e. The molecule has 1 heterocycles. The minimum absolute atomic E-state index is 0.0932. The second kappa shape index (κ2) is 6.94. The number of carboxylic acids is 1. The third-order valence-electron chi connectivity index (χ3n) is 2.04. The quantitative estimate of drug-likeness (QED) is 0.631. The highest BCUT2D eigenvalue weighted by atomic mass is 16.6. The second-order valence-corrected chi connectivity index (χ2v) is 3.65. The van der Waals surface area contributed by atoms with Crippen molar-refractivity contribution in [2.45, 2.75) is 6.92 Å². The number of nitro benzene ring substituents is 1. The molecule has 8 nitrogen and oxygen atoms in total. The van der Waals surface area contributed by atoms with Crippen molar-refractivity contribution < 1.29 is 14.8 Å². The largest absolute Gasteiger partial charge is 0.481 e. The smallest absolute Gasteiger partial charge is 0.300 e. The van der Waals surface area contributed by atoms with Gasteiger partial charge in [0.25, 0.3) is 11.7 Å². The normalized spacial score (nSPS) is 12.6. The van der Waals surface area contributed by atoms with E-state index in [1.165, 1.54) is 12.1 Å². The fourth-order valence-corrected chi connectivity index (χ4v) is 1.29. The van der Waals surface area contributed by atoms with Gasteiger partial charge < -0.3 is 5.11 Å². The van der Waals surface area contributed by atoms with Crippen molar-refractivity contribution in [2.24, 2.45) is 4.99 Å². The first-order chi connectivity index (χ1) is 8.99. The third-order valence-corrected chi connectivity index (χ3v) is 2.04. The highest BCUT2D eigenvalue weighted by Crippen LogP contribution is 2.15. The SMILES string of the molecule is CC(=O)O.O=[N+]([O-])c1ccc(NN2C=NCC2)cc1. The zero-order chi connectivity index (χ0) is 14.3. The van der Waals surface area contributed by atoms with Crippen LogP contribution >= 0.6 is 0 Å². The lowest BCUT2D eigenvalue weighted by molar-refractivity contribution is -0.384. The lowest BCUT2D eigenvalue weighted by Gasteiger charge is -2.16. The van der Waals surface area contributed by atoms with Crippen molar-refractivity contribution in [2.75, 3.05) is 18.5 Å². The molecule has 0 atom stereocenters. The van der Waals surface area contributed by atoms with E-state index >= 15 is 0 Å². The van der Waals surface area contributed by atoms with Gasteiger partial charge in [0.2, 0.25) is 0 Å². The number of aliphatic imine (C=N–C) groups is 1. The summed E-state index contributed by atoms with van der Waals surface area (Å²) in [5, 5.41) is 19.7. The number of nitrogens with zero attached hydrogens (tertiary/aromatic N) is 3. The van der Waals surface area contributed by atoms with E-state index in [1.807, 2.05) is 5.01 Å². The van der Waals surface area contributed by atoms with Crippen LogP contribution in [0.2, 0.25) is 0 Å². The van der Waals surface area contributed by atoms with E-state index in [0.717, 1.165) is 25.7 Å². The van der Waals surface area contributed by atoms with E-state index in [4.69, 9.17) is 9.90 Å². The summed E-state index contributed by atoms with van der Waals surface area (Å²) >= 11 is 0. The summed E-state index contributed by atoms with van der Waals surface area (Å²) < 4.78 is 0. The minimum Gasteiger partial charge on any atom is -0.481 e. The lowest BCUT2D eigenvalue weighted by Crippen LogP contribution is -2.26. The predicted molar refractivity (Wildman–Crippen MR) is 70.1 cm³/mol. The molecular weight excluding hydrogens is 252 g/mol. The molecule has 1 aromatic rings. The van der Waals surface area contributed by atoms with Gasteiger partial charge in [-0.1, -0.05) is 0 Å². The Kier molecular flexibility index (Phi) is 5.27. The van der Waals surface area contributed by atoms with Crippen LogP contribution in [0.25, 0.3) is 0 Å². The van der Waals surface area contributed by atoms with Gasteiger partial charge in [0, 0.05) is 19.1 Å². The molecule has 0 bridgehead atoms. The Hall–Kier alpha value is -2.64. The van der Waals surface area contributed by atoms with E-state index in [0.29, 0.717) is 0 Å². The Bertz CT molecular complexity index is 468. The number of carbonyl (C=O) groups is 1. The number of hydrogen-bond donors (Lipinski definition) is 2. The maximum absolute atomic E-state index is 10.4. The van der Waals surface area contributed by atoms with Crippen molar-refractivity contribution >= 4 is 23.7 Å². The number of rotatable bonds is 3. The van der Waals surface area contributed by atoms with Crippen LogP contribution < -0.4 is 5.43 Å². The third kappa shape index (κ3) is 5.48. The van der Waals surface area contributed by atoms with Gasteiger partial charge >= 0.3 is 0 Å². The van der Waals surface area contributed by atoms with Gasteiger partial charge in [-0.05, 0) is 12.1 Å². The van der Waals surface area contributed by atoms with Crippen LogP contribution in [0, 0.1) is 10.1 Å².